The number of nitrogens with one attached hydrogen (secondary N) is 1. The smallest absolute Gasteiger partial charge is 0.254 e. The minimum atomic E-state index is -1.14. The highest BCUT2D eigenvalue weighted by molar-refractivity contribution is 5.95. The Morgan fingerprint density at radius 3 is 3.09 bits per heavy atom. The molecule has 1 fully saturated rings. The van der Waals surface area contributed by atoms with Crippen molar-refractivity contribution in [2.24, 2.45) is 0 Å². The molecule has 1 unspecified atom stereocenters. The average Bonchev–Trinajstić information content (AvgIpc) is 3.09. The molecule has 0 radical (unpaired) electrons. The summed E-state index contributed by atoms with van der Waals surface area (Å²) in [6.45, 7) is 2.85. The Kier molecular flexibility index (Phi) is 3.89. The van der Waals surface area contributed by atoms with E-state index in [0.717, 1.165) is 18.4 Å². The second-order valence-corrected chi connectivity index (χ2v) is 5.60. The van der Waals surface area contributed by atoms with Crippen LogP contribution in [0.25, 0.3) is 0 Å². The number of aromatic nitrogens is 4. The van der Waals surface area contributed by atoms with E-state index in [4.69, 9.17) is 0 Å². The molecule has 1 aliphatic rings. The molecule has 1 atom stereocenters. The Hall–Kier alpha value is -2.28. The van der Waals surface area contributed by atoms with Gasteiger partial charge in [-0.3, -0.25) is 9.78 Å². The summed E-state index contributed by atoms with van der Waals surface area (Å²) < 4.78 is 0. The van der Waals surface area contributed by atoms with E-state index in [0.29, 0.717) is 24.2 Å². The van der Waals surface area contributed by atoms with Crippen molar-refractivity contribution in [3.63, 3.8) is 0 Å². The Balaban J connectivity index is 1.84. The van der Waals surface area contributed by atoms with Gasteiger partial charge in [-0.2, -0.15) is 15.4 Å². The van der Waals surface area contributed by atoms with Crippen molar-refractivity contribution in [2.75, 3.05) is 13.1 Å². The zero-order valence-corrected chi connectivity index (χ0v) is 12.5. The van der Waals surface area contributed by atoms with Crippen LogP contribution in [-0.4, -0.2) is 49.4 Å². The molecule has 3 heterocycles. The van der Waals surface area contributed by atoms with E-state index < -0.39 is 5.60 Å². The lowest BCUT2D eigenvalue weighted by Crippen LogP contribution is -2.49. The van der Waals surface area contributed by atoms with Gasteiger partial charge in [-0.05, 0) is 30.9 Å². The van der Waals surface area contributed by atoms with Crippen molar-refractivity contribution in [1.29, 1.82) is 0 Å². The lowest BCUT2D eigenvalue weighted by molar-refractivity contribution is -0.0320. The molecule has 2 N–H and O–H groups in total. The van der Waals surface area contributed by atoms with Gasteiger partial charge in [0.15, 0.2) is 0 Å². The number of H-pyrrole nitrogens is 1. The largest absolute Gasteiger partial charge is 0.382 e. The van der Waals surface area contributed by atoms with Gasteiger partial charge in [0.2, 0.25) is 0 Å². The number of rotatable bonds is 3. The number of hydrogen-bond donors (Lipinski definition) is 2. The molecule has 0 saturated carbocycles. The third-order valence-electron chi connectivity index (χ3n) is 4.16. The summed E-state index contributed by atoms with van der Waals surface area (Å²) in [6.07, 6.45) is 6.90. The third-order valence-corrected chi connectivity index (χ3v) is 4.16. The predicted molar refractivity (Wildman–Crippen MR) is 79.0 cm³/mol. The number of β-amino-alcohol motifs (C(OH)–C–C–N with tert-alkyl or cyclic N) is 1. The van der Waals surface area contributed by atoms with Crippen LogP contribution in [0.1, 0.15) is 41.4 Å². The summed E-state index contributed by atoms with van der Waals surface area (Å²) in [5.74, 6) is -0.0686. The van der Waals surface area contributed by atoms with Crippen LogP contribution in [-0.2, 0) is 12.0 Å². The first-order valence-corrected chi connectivity index (χ1v) is 7.45. The van der Waals surface area contributed by atoms with Gasteiger partial charge in [-0.25, -0.2) is 0 Å². The number of nitrogens with zero attached hydrogens (tertiary/aromatic N) is 4. The van der Waals surface area contributed by atoms with E-state index in [2.05, 4.69) is 20.4 Å². The van der Waals surface area contributed by atoms with Gasteiger partial charge in [0.1, 0.15) is 11.3 Å². The Morgan fingerprint density at radius 2 is 2.36 bits per heavy atom. The van der Waals surface area contributed by atoms with Gasteiger partial charge in [0.05, 0.1) is 12.7 Å². The first-order chi connectivity index (χ1) is 10.6. The second kappa shape index (κ2) is 5.84. The van der Waals surface area contributed by atoms with E-state index in [1.807, 2.05) is 6.92 Å². The quantitative estimate of drug-likeness (QED) is 0.877. The molecule has 2 aromatic heterocycles. The van der Waals surface area contributed by atoms with Gasteiger partial charge in [0.25, 0.3) is 5.91 Å². The molecule has 0 spiro atoms. The molecule has 1 amide bonds. The molecule has 2 aromatic rings. The monoisotopic (exact) mass is 301 g/mol. The van der Waals surface area contributed by atoms with E-state index in [1.54, 1.807) is 23.4 Å². The van der Waals surface area contributed by atoms with Gasteiger partial charge >= 0.3 is 0 Å². The van der Waals surface area contributed by atoms with Crippen molar-refractivity contribution in [3.05, 3.63) is 41.5 Å². The fraction of sp³-hybridized carbons (Fsp3) is 0.467. The summed E-state index contributed by atoms with van der Waals surface area (Å²) in [4.78, 5) is 18.5. The maximum atomic E-state index is 12.8. The number of piperidine rings is 1. The second-order valence-electron chi connectivity index (χ2n) is 5.60. The minimum absolute atomic E-state index is 0.0686. The van der Waals surface area contributed by atoms with E-state index in [-0.39, 0.29) is 12.5 Å². The molecule has 0 bridgehead atoms. The highest BCUT2D eigenvalue weighted by Crippen LogP contribution is 2.30. The molecular weight excluding hydrogens is 282 g/mol. The number of carbonyl (C=O) groups is 1. The van der Waals surface area contributed by atoms with Gasteiger partial charge < -0.3 is 10.0 Å². The summed E-state index contributed by atoms with van der Waals surface area (Å²) in [6, 6.07) is 1.74. The predicted octanol–water partition coefficient (Wildman–Crippen LogP) is 0.886. The molecule has 7 heteroatoms. The zero-order chi connectivity index (χ0) is 15.6. The number of hydrogen-bond acceptors (Lipinski definition) is 5. The minimum Gasteiger partial charge on any atom is -0.382 e. The molecule has 0 aromatic carbocycles. The Morgan fingerprint density at radius 1 is 1.50 bits per heavy atom. The molecule has 22 heavy (non-hydrogen) atoms. The Bertz CT molecular complexity index is 658. The fourth-order valence-electron chi connectivity index (χ4n) is 2.93. The molecule has 3 rings (SSSR count). The number of carbonyl (C=O) groups excluding carboxylic acids is 1. The van der Waals surface area contributed by atoms with Gasteiger partial charge in [-0.15, -0.1) is 0 Å². The number of aromatic amines is 1. The summed E-state index contributed by atoms with van der Waals surface area (Å²) in [7, 11) is 0. The summed E-state index contributed by atoms with van der Waals surface area (Å²) >= 11 is 0. The van der Waals surface area contributed by atoms with Crippen LogP contribution in [0, 0.1) is 0 Å². The topological polar surface area (TPSA) is 95.0 Å². The Labute approximate surface area is 128 Å². The molecule has 1 aliphatic heterocycles. The maximum absolute atomic E-state index is 12.8. The van der Waals surface area contributed by atoms with Crippen LogP contribution < -0.4 is 0 Å². The SMILES string of the molecule is CCc1cnccc1C(=O)N1CCCC(O)(c2cn[nH]n2)C1. The van der Waals surface area contributed by atoms with Crippen LogP contribution in [0.15, 0.2) is 24.7 Å². The highest BCUT2D eigenvalue weighted by atomic mass is 16.3. The number of pyridine rings is 1. The molecule has 7 nitrogen and oxygen atoms in total. The van der Waals surface area contributed by atoms with Crippen LogP contribution in [0.4, 0.5) is 0 Å². The average molecular weight is 301 g/mol. The molecular formula is C15H19N5O2. The third kappa shape index (κ3) is 2.59. The lowest BCUT2D eigenvalue weighted by Gasteiger charge is -2.38. The standard InChI is InChI=1S/C15H19N5O2/c1-2-11-8-16-6-4-12(11)14(21)20-7-3-5-15(22,10-20)13-9-17-19-18-13/h4,6,8-9,22H,2-3,5,7,10H2,1H3,(H,17,18,19). The number of aryl methyl sites for hydroxylation is 1. The van der Waals surface area contributed by atoms with Crippen molar-refractivity contribution in [1.82, 2.24) is 25.3 Å². The number of likely N-dealkylation sites (tertiary alicyclic amines) is 1. The lowest BCUT2D eigenvalue weighted by atomic mass is 9.89. The molecule has 1 saturated heterocycles. The summed E-state index contributed by atoms with van der Waals surface area (Å²) in [5, 5.41) is 21.0. The number of amides is 1. The van der Waals surface area contributed by atoms with Gasteiger partial charge in [-0.1, -0.05) is 6.92 Å². The van der Waals surface area contributed by atoms with E-state index in [1.165, 1.54) is 6.20 Å². The fourth-order valence-corrected chi connectivity index (χ4v) is 2.93. The van der Waals surface area contributed by atoms with E-state index >= 15 is 0 Å². The van der Waals surface area contributed by atoms with Crippen LogP contribution in [0.2, 0.25) is 0 Å². The van der Waals surface area contributed by atoms with Crippen LogP contribution >= 0.6 is 0 Å². The van der Waals surface area contributed by atoms with Crippen molar-refractivity contribution in [3.8, 4) is 0 Å². The van der Waals surface area contributed by atoms with Crippen LogP contribution in [0.5, 0.6) is 0 Å². The normalized spacial score (nSPS) is 21.8. The van der Waals surface area contributed by atoms with Crippen molar-refractivity contribution < 1.29 is 9.90 Å². The maximum Gasteiger partial charge on any atom is 0.254 e. The molecule has 116 valence electrons. The van der Waals surface area contributed by atoms with Crippen molar-refractivity contribution in [2.45, 2.75) is 31.8 Å². The first kappa shape index (κ1) is 14.6. The highest BCUT2D eigenvalue weighted by Gasteiger charge is 2.39. The van der Waals surface area contributed by atoms with Gasteiger partial charge in [0, 0.05) is 24.5 Å². The number of aliphatic hydroxyl groups is 1. The van der Waals surface area contributed by atoms with E-state index in [9.17, 15) is 9.90 Å². The first-order valence-electron chi connectivity index (χ1n) is 7.45. The summed E-state index contributed by atoms with van der Waals surface area (Å²) in [5.41, 5.74) is 0.917. The van der Waals surface area contributed by atoms with Crippen LogP contribution in [0.3, 0.4) is 0 Å². The zero-order valence-electron chi connectivity index (χ0n) is 12.5. The van der Waals surface area contributed by atoms with Crippen molar-refractivity contribution >= 4 is 5.91 Å². The molecule has 0 aliphatic carbocycles.